The number of amides is 2. The third-order valence-electron chi connectivity index (χ3n) is 1.56. The molecule has 0 rings (SSSR count). The predicted octanol–water partition coefficient (Wildman–Crippen LogP) is 13.7. The highest BCUT2D eigenvalue weighted by Crippen LogP contribution is 1.81. The van der Waals surface area contributed by atoms with Gasteiger partial charge >= 0.3 is 12.2 Å². The van der Waals surface area contributed by atoms with Crippen molar-refractivity contribution < 1.29 is 148 Å². The molecule has 0 heterocycles. The van der Waals surface area contributed by atoms with Crippen LogP contribution in [0.5, 0.6) is 0 Å². The normalized spacial score (nSPS) is 6.75. The SMILES string of the molecule is C.C.C.C.C.C.C.C.FCF.FCF.FCOF.FCOF.FCOF.FCOF.FCOF.FCOF.O=C(NCCBr)OCCF.O=C(NCCBr)OCF.OCCF.OCF. The Kier molecular flexibility index (Phi) is 439. The lowest BCUT2D eigenvalue weighted by atomic mass is 10.7. The van der Waals surface area contributed by atoms with Crippen LogP contribution in [0.1, 0.15) is 59.4 Å². The molecule has 0 spiro atoms. The molecule has 0 atom stereocenters. The summed E-state index contributed by atoms with van der Waals surface area (Å²) in [6.45, 7) is -14.8. The molecule has 0 bridgehead atoms. The van der Waals surface area contributed by atoms with E-state index >= 15 is 0 Å². The number of rotatable bonds is 14. The molecular formula is C28H72Br2F20N2O12. The van der Waals surface area contributed by atoms with Crippen molar-refractivity contribution in [3.63, 3.8) is 0 Å². The Morgan fingerprint density at radius 2 is 0.578 bits per heavy atom. The van der Waals surface area contributed by atoms with E-state index in [4.69, 9.17) is 10.2 Å². The summed E-state index contributed by atoms with van der Waals surface area (Å²) in [4.78, 5) is 34.9. The Balaban J connectivity index is -0.0000000186. The first-order valence-corrected chi connectivity index (χ1v) is 14.4. The van der Waals surface area contributed by atoms with Crippen LogP contribution in [0.2, 0.25) is 0 Å². The molecule has 0 aliphatic rings. The summed E-state index contributed by atoms with van der Waals surface area (Å²) in [7, 11) is 0. The summed E-state index contributed by atoms with van der Waals surface area (Å²) in [5.74, 6) is 0. The summed E-state index contributed by atoms with van der Waals surface area (Å²) in [5.41, 5.74) is 0. The van der Waals surface area contributed by atoms with E-state index in [0.29, 0.717) is 23.7 Å². The molecule has 420 valence electrons. The maximum absolute atomic E-state index is 11.4. The molecule has 0 aliphatic carbocycles. The standard InChI is InChI=1S/C5H9BrFNO2.C4H7BrFNO2.C2H5FO.6CH2F2O.2CH2F2.CH3FO.8CH4/c6-1-3-8-5(9)10-4-2-7;5-1-2-7-4(8)9-3-6;3-1-2-4;6*2-1-4-3;3*2-1-3;;;;;;;;/h1-4H2,(H,8,9);1-3H2,(H,7,8);4H,1-2H2;6*1H2;2*1H2;3H,1H2;8*1H4. The van der Waals surface area contributed by atoms with E-state index in [-0.39, 0.29) is 72.6 Å². The second kappa shape index (κ2) is 215. The molecule has 0 saturated carbocycles. The first-order chi connectivity index (χ1) is 26.8. The summed E-state index contributed by atoms with van der Waals surface area (Å²) in [5, 5.41) is 20.4. The Morgan fingerprint density at radius 3 is 0.688 bits per heavy atom. The van der Waals surface area contributed by atoms with Gasteiger partial charge in [-0.25, -0.2) is 71.1 Å². The summed E-state index contributed by atoms with van der Waals surface area (Å²) in [6, 6.07) is 0. The highest BCUT2D eigenvalue weighted by Gasteiger charge is 1.98. The van der Waals surface area contributed by atoms with Gasteiger partial charge in [-0.05, 0) is 27.2 Å². The molecule has 0 fully saturated rings. The Labute approximate surface area is 380 Å². The van der Waals surface area contributed by atoms with Gasteiger partial charge < -0.3 is 30.3 Å². The van der Waals surface area contributed by atoms with E-state index in [1.807, 2.05) is 0 Å². The van der Waals surface area contributed by atoms with Crippen molar-refractivity contribution in [3.8, 4) is 0 Å². The van der Waals surface area contributed by atoms with Gasteiger partial charge in [0, 0.05) is 23.7 Å². The van der Waals surface area contributed by atoms with Crippen molar-refractivity contribution in [2.45, 2.75) is 59.4 Å². The van der Waals surface area contributed by atoms with Crippen LogP contribution < -0.4 is 10.6 Å². The molecule has 14 nitrogen and oxygen atoms in total. The molecule has 0 saturated heterocycles. The minimum absolute atomic E-state index is 0. The van der Waals surface area contributed by atoms with Crippen LogP contribution >= 0.6 is 31.9 Å². The van der Waals surface area contributed by atoms with Gasteiger partial charge in [-0.2, -0.15) is 29.6 Å². The van der Waals surface area contributed by atoms with E-state index in [9.17, 15) is 98.2 Å². The number of ether oxygens (including phenoxy) is 2. The Hall–Kier alpha value is -2.22. The third-order valence-corrected chi connectivity index (χ3v) is 2.35. The zero-order valence-corrected chi connectivity index (χ0v) is 31.2. The molecule has 0 aromatic rings. The minimum Gasteiger partial charge on any atom is -0.447 e. The number of aliphatic hydroxyl groups is 2. The molecule has 0 radical (unpaired) electrons. The van der Waals surface area contributed by atoms with Crippen LogP contribution in [0.4, 0.5) is 98.2 Å². The summed E-state index contributed by atoms with van der Waals surface area (Å²) >= 11 is 6.17. The van der Waals surface area contributed by atoms with Crippen LogP contribution in [-0.4, -0.2) is 141 Å². The number of carbonyl (C=O) groups is 2. The fourth-order valence-corrected chi connectivity index (χ4v) is 0.978. The average molecular weight is 1170 g/mol. The zero-order chi connectivity index (χ0) is 47.0. The monoisotopic (exact) mass is 1170 g/mol. The van der Waals surface area contributed by atoms with E-state index in [0.717, 1.165) is 0 Å². The average Bonchev–Trinajstić information content (AvgIpc) is 3.23. The number of halogens is 22. The Bertz CT molecular complexity index is 466. The van der Waals surface area contributed by atoms with Crippen LogP contribution in [-0.2, 0) is 39.1 Å². The van der Waals surface area contributed by atoms with Crippen molar-refractivity contribution in [1.82, 2.24) is 10.6 Å². The molecule has 0 aromatic heterocycles. The maximum atomic E-state index is 11.4. The maximum Gasteiger partial charge on any atom is 0.409 e. The van der Waals surface area contributed by atoms with E-state index in [2.05, 4.69) is 81.6 Å². The van der Waals surface area contributed by atoms with Gasteiger partial charge in [-0.3, -0.25) is 0 Å². The smallest absolute Gasteiger partial charge is 0.409 e. The molecule has 4 N–H and O–H groups in total. The van der Waals surface area contributed by atoms with Crippen LogP contribution in [0.25, 0.3) is 0 Å². The van der Waals surface area contributed by atoms with Crippen molar-refractivity contribution in [2.75, 3.05) is 119 Å². The van der Waals surface area contributed by atoms with Crippen molar-refractivity contribution >= 4 is 44.0 Å². The molecule has 64 heavy (non-hydrogen) atoms. The highest BCUT2D eigenvalue weighted by molar-refractivity contribution is 9.09. The first-order valence-electron chi connectivity index (χ1n) is 12.2. The highest BCUT2D eigenvalue weighted by atomic mass is 79.9. The lowest BCUT2D eigenvalue weighted by Crippen LogP contribution is -2.26. The summed E-state index contributed by atoms with van der Waals surface area (Å²) in [6.07, 6.45) is -1.30. The molecular weight excluding hydrogens is 1100 g/mol. The Morgan fingerprint density at radius 1 is 0.406 bits per heavy atom. The molecule has 36 heteroatoms. The largest absolute Gasteiger partial charge is 0.447 e. The van der Waals surface area contributed by atoms with Gasteiger partial charge in [0.25, 0.3) is 0 Å². The lowest BCUT2D eigenvalue weighted by Gasteiger charge is -2.01. The van der Waals surface area contributed by atoms with Crippen LogP contribution in [0, 0.1) is 0 Å². The van der Waals surface area contributed by atoms with E-state index in [1.165, 1.54) is 0 Å². The molecule has 0 unspecified atom stereocenters. The fourth-order valence-electron chi connectivity index (χ4n) is 0.581. The molecule has 0 aliphatic heterocycles. The van der Waals surface area contributed by atoms with Crippen LogP contribution in [0.15, 0.2) is 0 Å². The second-order valence-corrected chi connectivity index (χ2v) is 6.23. The number of nitrogens with one attached hydrogen (secondary N) is 2. The van der Waals surface area contributed by atoms with Gasteiger partial charge in [0.1, 0.15) is 20.0 Å². The lowest BCUT2D eigenvalue weighted by molar-refractivity contribution is -0.167. The number of hydrogen-bond donors (Lipinski definition) is 4. The number of alkyl carbamates (subject to hydrolysis) is 2. The van der Waals surface area contributed by atoms with E-state index < -0.39 is 94.3 Å². The summed E-state index contributed by atoms with van der Waals surface area (Å²) < 4.78 is 209. The van der Waals surface area contributed by atoms with Crippen molar-refractivity contribution in [2.24, 2.45) is 0 Å². The van der Waals surface area contributed by atoms with Gasteiger partial charge in [0.05, 0.1) is 6.61 Å². The topological polar surface area (TPSA) is 172 Å². The zero-order valence-electron chi connectivity index (χ0n) is 28.0. The predicted molar refractivity (Wildman–Crippen MR) is 212 cm³/mol. The molecule has 2 amide bonds. The quantitative estimate of drug-likeness (QED) is 0.0959. The number of hydrogen-bond acceptors (Lipinski definition) is 12. The minimum atomic E-state index is -1.75. The second-order valence-electron chi connectivity index (χ2n) is 4.64. The fraction of sp³-hybridized carbons (Fsp3) is 0.929. The number of carbonyl (C=O) groups excluding carboxylic acids is 2. The number of aliphatic hydroxyl groups excluding tert-OH is 2. The van der Waals surface area contributed by atoms with E-state index in [1.54, 1.807) is 0 Å². The first kappa shape index (κ1) is 131. The van der Waals surface area contributed by atoms with Gasteiger partial charge in [0.15, 0.2) is 6.86 Å². The van der Waals surface area contributed by atoms with Crippen molar-refractivity contribution in [3.05, 3.63) is 0 Å². The number of alkyl halides is 16. The van der Waals surface area contributed by atoms with Crippen molar-refractivity contribution in [1.29, 1.82) is 0 Å². The van der Waals surface area contributed by atoms with Gasteiger partial charge in [-0.15, -0.1) is 0 Å². The van der Waals surface area contributed by atoms with Gasteiger partial charge in [-0.1, -0.05) is 91.3 Å². The molecule has 0 aromatic carbocycles. The van der Waals surface area contributed by atoms with Gasteiger partial charge in [0.2, 0.25) is 61.9 Å². The third kappa shape index (κ3) is 528. The van der Waals surface area contributed by atoms with Crippen LogP contribution in [0.3, 0.4) is 0 Å².